The van der Waals surface area contributed by atoms with E-state index >= 15 is 0 Å². The van der Waals surface area contributed by atoms with Crippen LogP contribution in [0.3, 0.4) is 0 Å². The lowest BCUT2D eigenvalue weighted by Crippen LogP contribution is -2.25. The molecule has 2 rings (SSSR count). The molecule has 1 saturated heterocycles. The summed E-state index contributed by atoms with van der Waals surface area (Å²) in [6.07, 6.45) is 3.79. The second kappa shape index (κ2) is 8.76. The number of hydrogen-bond donors (Lipinski definition) is 1. The highest BCUT2D eigenvalue weighted by Gasteiger charge is 2.14. The van der Waals surface area contributed by atoms with E-state index in [1.165, 1.54) is 18.4 Å². The average molecular weight is 356 g/mol. The van der Waals surface area contributed by atoms with Gasteiger partial charge in [-0.2, -0.15) is 0 Å². The fourth-order valence-corrected chi connectivity index (χ4v) is 2.79. The number of nitrogens with one attached hydrogen (secondary N) is 1. The zero-order valence-electron chi connectivity index (χ0n) is 13.0. The molecule has 1 atom stereocenters. The van der Waals surface area contributed by atoms with Crippen molar-refractivity contribution in [3.8, 4) is 5.75 Å². The van der Waals surface area contributed by atoms with E-state index in [1.54, 1.807) is 0 Å². The second-order valence-electron chi connectivity index (χ2n) is 6.08. The van der Waals surface area contributed by atoms with E-state index in [2.05, 4.69) is 47.2 Å². The van der Waals surface area contributed by atoms with Gasteiger partial charge in [-0.1, -0.05) is 29.8 Å². The Hall–Kier alpha value is -0.580. The maximum Gasteiger partial charge on any atom is 0.119 e. The number of benzene rings is 1. The third kappa shape index (κ3) is 5.97. The van der Waals surface area contributed by atoms with E-state index in [-0.39, 0.29) is 6.10 Å². The Balaban J connectivity index is 1.84. The molecule has 0 amide bonds. The molecule has 0 saturated carbocycles. The standard InChI is InChI=1S/C17H26BrNO2/c1-13(2)10-19-11-14-9-15(6-7-17(14)18)21-12-16-5-3-4-8-20-16/h6-7,9,13,16,19H,3-5,8,10-12H2,1-2H3. The molecule has 21 heavy (non-hydrogen) atoms. The molecular formula is C17H26BrNO2. The lowest BCUT2D eigenvalue weighted by molar-refractivity contribution is -0.0110. The molecule has 1 fully saturated rings. The highest BCUT2D eigenvalue weighted by molar-refractivity contribution is 9.10. The Labute approximate surface area is 136 Å². The molecule has 1 aromatic carbocycles. The maximum absolute atomic E-state index is 5.89. The molecule has 118 valence electrons. The molecule has 1 aliphatic rings. The molecule has 1 aromatic rings. The zero-order valence-corrected chi connectivity index (χ0v) is 14.6. The first-order valence-corrected chi connectivity index (χ1v) is 8.68. The number of rotatable bonds is 7. The highest BCUT2D eigenvalue weighted by Crippen LogP contribution is 2.23. The van der Waals surface area contributed by atoms with Crippen LogP contribution in [-0.4, -0.2) is 25.9 Å². The molecule has 0 aromatic heterocycles. The summed E-state index contributed by atoms with van der Waals surface area (Å²) in [4.78, 5) is 0. The van der Waals surface area contributed by atoms with Crippen molar-refractivity contribution < 1.29 is 9.47 Å². The van der Waals surface area contributed by atoms with Gasteiger partial charge in [-0.15, -0.1) is 0 Å². The third-order valence-electron chi connectivity index (χ3n) is 3.60. The predicted molar refractivity (Wildman–Crippen MR) is 89.8 cm³/mol. The monoisotopic (exact) mass is 355 g/mol. The summed E-state index contributed by atoms with van der Waals surface area (Å²) >= 11 is 3.61. The summed E-state index contributed by atoms with van der Waals surface area (Å²) in [7, 11) is 0. The fraction of sp³-hybridized carbons (Fsp3) is 0.647. The molecule has 0 bridgehead atoms. The minimum atomic E-state index is 0.255. The van der Waals surface area contributed by atoms with Crippen LogP contribution in [0.1, 0.15) is 38.7 Å². The van der Waals surface area contributed by atoms with Gasteiger partial charge in [-0.3, -0.25) is 0 Å². The Morgan fingerprint density at radius 1 is 1.38 bits per heavy atom. The summed E-state index contributed by atoms with van der Waals surface area (Å²) in [5.41, 5.74) is 1.23. The molecule has 0 radical (unpaired) electrons. The number of halogens is 1. The van der Waals surface area contributed by atoms with Crippen LogP contribution in [-0.2, 0) is 11.3 Å². The van der Waals surface area contributed by atoms with Crippen molar-refractivity contribution in [3.63, 3.8) is 0 Å². The van der Waals surface area contributed by atoms with Crippen molar-refractivity contribution in [1.29, 1.82) is 0 Å². The smallest absolute Gasteiger partial charge is 0.119 e. The Morgan fingerprint density at radius 3 is 2.95 bits per heavy atom. The van der Waals surface area contributed by atoms with Crippen LogP contribution >= 0.6 is 15.9 Å². The molecule has 0 spiro atoms. The van der Waals surface area contributed by atoms with Gasteiger partial charge in [0.25, 0.3) is 0 Å². The molecule has 1 N–H and O–H groups in total. The minimum Gasteiger partial charge on any atom is -0.491 e. The number of hydrogen-bond acceptors (Lipinski definition) is 3. The van der Waals surface area contributed by atoms with Crippen molar-refractivity contribution in [2.75, 3.05) is 19.8 Å². The first-order chi connectivity index (χ1) is 10.1. The zero-order chi connectivity index (χ0) is 15.1. The van der Waals surface area contributed by atoms with Crippen molar-refractivity contribution in [1.82, 2.24) is 5.32 Å². The molecule has 1 aliphatic heterocycles. The van der Waals surface area contributed by atoms with Crippen LogP contribution in [0.25, 0.3) is 0 Å². The van der Waals surface area contributed by atoms with Gasteiger partial charge in [-0.05, 0) is 55.5 Å². The lowest BCUT2D eigenvalue weighted by Gasteiger charge is -2.22. The second-order valence-corrected chi connectivity index (χ2v) is 6.93. The summed E-state index contributed by atoms with van der Waals surface area (Å²) in [5, 5.41) is 3.46. The van der Waals surface area contributed by atoms with Crippen LogP contribution in [0.5, 0.6) is 5.75 Å². The third-order valence-corrected chi connectivity index (χ3v) is 4.37. The lowest BCUT2D eigenvalue weighted by atomic mass is 10.1. The number of ether oxygens (including phenoxy) is 2. The quantitative estimate of drug-likeness (QED) is 0.796. The minimum absolute atomic E-state index is 0.255. The fourth-order valence-electron chi connectivity index (χ4n) is 2.40. The largest absolute Gasteiger partial charge is 0.491 e. The van der Waals surface area contributed by atoms with Gasteiger partial charge < -0.3 is 14.8 Å². The van der Waals surface area contributed by atoms with Crippen molar-refractivity contribution in [3.05, 3.63) is 28.2 Å². The molecule has 3 nitrogen and oxygen atoms in total. The van der Waals surface area contributed by atoms with Crippen LogP contribution in [0.2, 0.25) is 0 Å². The van der Waals surface area contributed by atoms with Gasteiger partial charge in [0, 0.05) is 17.6 Å². The SMILES string of the molecule is CC(C)CNCc1cc(OCC2CCCCO2)ccc1Br. The summed E-state index contributed by atoms with van der Waals surface area (Å²) in [6, 6.07) is 6.18. The van der Waals surface area contributed by atoms with Crippen LogP contribution in [0.15, 0.2) is 22.7 Å². The summed E-state index contributed by atoms with van der Waals surface area (Å²) in [6.45, 7) is 7.83. The Morgan fingerprint density at radius 2 is 2.24 bits per heavy atom. The van der Waals surface area contributed by atoms with Gasteiger partial charge in [-0.25, -0.2) is 0 Å². The van der Waals surface area contributed by atoms with Crippen LogP contribution < -0.4 is 10.1 Å². The van der Waals surface area contributed by atoms with E-state index in [4.69, 9.17) is 9.47 Å². The van der Waals surface area contributed by atoms with E-state index in [0.717, 1.165) is 36.3 Å². The average Bonchev–Trinajstić information content (AvgIpc) is 2.48. The summed E-state index contributed by atoms with van der Waals surface area (Å²) in [5.74, 6) is 1.58. The van der Waals surface area contributed by atoms with Crippen molar-refractivity contribution in [2.45, 2.75) is 45.8 Å². The van der Waals surface area contributed by atoms with Gasteiger partial charge in [0.2, 0.25) is 0 Å². The van der Waals surface area contributed by atoms with Gasteiger partial charge in [0.1, 0.15) is 12.4 Å². The Kier molecular flexibility index (Phi) is 7.00. The predicted octanol–water partition coefficient (Wildman–Crippen LogP) is 4.14. The van der Waals surface area contributed by atoms with Crippen molar-refractivity contribution in [2.24, 2.45) is 5.92 Å². The van der Waals surface area contributed by atoms with E-state index < -0.39 is 0 Å². The van der Waals surface area contributed by atoms with Crippen LogP contribution in [0.4, 0.5) is 0 Å². The van der Waals surface area contributed by atoms with E-state index in [9.17, 15) is 0 Å². The van der Waals surface area contributed by atoms with Gasteiger partial charge >= 0.3 is 0 Å². The van der Waals surface area contributed by atoms with Gasteiger partial charge in [0.15, 0.2) is 0 Å². The molecule has 1 heterocycles. The molecule has 4 heteroatoms. The Bertz CT molecular complexity index is 431. The van der Waals surface area contributed by atoms with E-state index in [1.807, 2.05) is 6.07 Å². The van der Waals surface area contributed by atoms with Crippen LogP contribution in [0, 0.1) is 5.92 Å². The first kappa shape index (κ1) is 16.8. The van der Waals surface area contributed by atoms with Crippen molar-refractivity contribution >= 4 is 15.9 Å². The molecule has 1 unspecified atom stereocenters. The normalized spacial score (nSPS) is 19.0. The molecule has 0 aliphatic carbocycles. The molecular weight excluding hydrogens is 330 g/mol. The summed E-state index contributed by atoms with van der Waals surface area (Å²) < 4.78 is 12.7. The topological polar surface area (TPSA) is 30.5 Å². The first-order valence-electron chi connectivity index (χ1n) is 7.88. The maximum atomic E-state index is 5.89. The van der Waals surface area contributed by atoms with Gasteiger partial charge in [0.05, 0.1) is 6.10 Å². The highest BCUT2D eigenvalue weighted by atomic mass is 79.9. The van der Waals surface area contributed by atoms with E-state index in [0.29, 0.717) is 12.5 Å².